The second kappa shape index (κ2) is 6.69. The van der Waals surface area contributed by atoms with Crippen molar-refractivity contribution in [3.63, 3.8) is 0 Å². The quantitative estimate of drug-likeness (QED) is 0.371. The van der Waals surface area contributed by atoms with Gasteiger partial charge in [0.05, 0.1) is 18.8 Å². The van der Waals surface area contributed by atoms with Gasteiger partial charge in [0.15, 0.2) is 0 Å². The molecule has 0 radical (unpaired) electrons. The van der Waals surface area contributed by atoms with Gasteiger partial charge in [-0.15, -0.1) is 0 Å². The van der Waals surface area contributed by atoms with E-state index in [-0.39, 0.29) is 5.56 Å². The first-order valence-corrected chi connectivity index (χ1v) is 8.43. The van der Waals surface area contributed by atoms with Gasteiger partial charge in [-0.05, 0) is 6.08 Å². The zero-order valence-corrected chi connectivity index (χ0v) is 15.6. The molecule has 0 N–H and O–H groups in total. The summed E-state index contributed by atoms with van der Waals surface area (Å²) in [6.07, 6.45) is 1.13. The molecule has 10 nitrogen and oxygen atoms in total. The van der Waals surface area contributed by atoms with E-state index >= 15 is 0 Å². The van der Waals surface area contributed by atoms with Crippen molar-refractivity contribution >= 4 is 23.8 Å². The van der Waals surface area contributed by atoms with Crippen molar-refractivity contribution < 1.29 is 23.8 Å². The van der Waals surface area contributed by atoms with Crippen LogP contribution in [0.2, 0.25) is 0 Å². The Kier molecular flexibility index (Phi) is 4.68. The Labute approximate surface area is 154 Å². The maximum absolute atomic E-state index is 12.8. The highest BCUT2D eigenvalue weighted by Gasteiger charge is 2.39. The van der Waals surface area contributed by atoms with Gasteiger partial charge in [0.2, 0.25) is 0 Å². The molecule has 0 bridgehead atoms. The fourth-order valence-electron chi connectivity index (χ4n) is 3.07. The van der Waals surface area contributed by atoms with Gasteiger partial charge in [-0.25, -0.2) is 14.4 Å². The highest BCUT2D eigenvalue weighted by atomic mass is 16.7. The van der Waals surface area contributed by atoms with Crippen LogP contribution in [0, 0.1) is 0 Å². The van der Waals surface area contributed by atoms with Gasteiger partial charge in [-0.1, -0.05) is 0 Å². The molecule has 0 aromatic carbocycles. The smallest absolute Gasteiger partial charge is 0.348 e. The highest BCUT2D eigenvalue weighted by Crippen LogP contribution is 2.26. The number of carbonyl (C=O) groups excluding carboxylic acids is 2. The molecule has 0 unspecified atom stereocenters. The normalized spacial score (nSPS) is 19.6. The topological polar surface area (TPSA) is 109 Å². The third kappa shape index (κ3) is 3.39. The predicted octanol–water partition coefficient (Wildman–Crippen LogP) is -0.860. The number of nitrogens with zero attached hydrogens (tertiary/aromatic N) is 3. The van der Waals surface area contributed by atoms with E-state index < -0.39 is 34.5 Å². The first-order chi connectivity index (χ1) is 12.6. The second-order valence-corrected chi connectivity index (χ2v) is 6.78. The zero-order chi connectivity index (χ0) is 19.9. The Morgan fingerprint density at radius 3 is 2.04 bits per heavy atom. The standard InChI is InChI=1S/C17H21N3O7/c1-17(2)26-14(22)11(15(23)27-17)9-10-12(20-5-7-25-8-6-20)18(3)16(24)19(4)13(10)21/h9H,5-8H2,1-4H3. The SMILES string of the molecule is Cn1c(N2CCOCC2)c(C=C2C(=O)OC(C)(C)OC2=O)c(=O)n(C)c1=O. The Morgan fingerprint density at radius 2 is 1.48 bits per heavy atom. The fourth-order valence-corrected chi connectivity index (χ4v) is 3.07. The number of ether oxygens (including phenoxy) is 3. The van der Waals surface area contributed by atoms with Gasteiger partial charge in [-0.2, -0.15) is 0 Å². The summed E-state index contributed by atoms with van der Waals surface area (Å²) in [6.45, 7) is 4.64. The van der Waals surface area contributed by atoms with Gasteiger partial charge in [0.1, 0.15) is 11.4 Å². The molecule has 3 heterocycles. The minimum absolute atomic E-state index is 0.0325. The first-order valence-electron chi connectivity index (χ1n) is 8.43. The van der Waals surface area contributed by atoms with Crippen LogP contribution in [0.5, 0.6) is 0 Å². The summed E-state index contributed by atoms with van der Waals surface area (Å²) in [5.41, 5.74) is -1.51. The first kappa shape index (κ1) is 18.9. The molecule has 2 saturated heterocycles. The number of cyclic esters (lactones) is 2. The van der Waals surface area contributed by atoms with Crippen LogP contribution < -0.4 is 16.1 Å². The molecule has 146 valence electrons. The zero-order valence-electron chi connectivity index (χ0n) is 15.6. The van der Waals surface area contributed by atoms with E-state index in [4.69, 9.17) is 14.2 Å². The molecule has 2 fully saturated rings. The third-order valence-corrected chi connectivity index (χ3v) is 4.38. The number of rotatable bonds is 2. The van der Waals surface area contributed by atoms with E-state index in [1.807, 2.05) is 4.90 Å². The lowest BCUT2D eigenvalue weighted by Crippen LogP contribution is -2.46. The number of anilines is 1. The maximum atomic E-state index is 12.8. The summed E-state index contributed by atoms with van der Waals surface area (Å²) < 4.78 is 17.7. The van der Waals surface area contributed by atoms with Crippen LogP contribution in [0.1, 0.15) is 19.4 Å². The number of aromatic nitrogens is 2. The molecule has 1 aromatic heterocycles. The van der Waals surface area contributed by atoms with Crippen LogP contribution in [-0.4, -0.2) is 53.2 Å². The van der Waals surface area contributed by atoms with Crippen LogP contribution >= 0.6 is 0 Å². The summed E-state index contributed by atoms with van der Waals surface area (Å²) in [7, 11) is 2.85. The molecule has 0 atom stereocenters. The van der Waals surface area contributed by atoms with Crippen molar-refractivity contribution in [3.8, 4) is 0 Å². The molecule has 10 heteroatoms. The maximum Gasteiger partial charge on any atom is 0.348 e. The molecule has 0 amide bonds. The number of carbonyl (C=O) groups is 2. The van der Waals surface area contributed by atoms with Crippen molar-refractivity contribution in [3.05, 3.63) is 32.0 Å². The van der Waals surface area contributed by atoms with E-state index in [0.29, 0.717) is 32.1 Å². The second-order valence-electron chi connectivity index (χ2n) is 6.78. The van der Waals surface area contributed by atoms with Gasteiger partial charge in [0.25, 0.3) is 11.3 Å². The Bertz CT molecular complexity index is 926. The molecule has 3 rings (SSSR count). The molecule has 0 aliphatic carbocycles. The van der Waals surface area contributed by atoms with E-state index in [2.05, 4.69) is 0 Å². The lowest BCUT2D eigenvalue weighted by Gasteiger charge is -2.32. The monoisotopic (exact) mass is 379 g/mol. The van der Waals surface area contributed by atoms with E-state index in [1.165, 1.54) is 32.5 Å². The molecule has 27 heavy (non-hydrogen) atoms. The average molecular weight is 379 g/mol. The third-order valence-electron chi connectivity index (χ3n) is 4.38. The minimum Gasteiger partial charge on any atom is -0.419 e. The van der Waals surface area contributed by atoms with Crippen LogP contribution in [0.25, 0.3) is 6.08 Å². The minimum atomic E-state index is -1.38. The van der Waals surface area contributed by atoms with Crippen molar-refractivity contribution in [1.29, 1.82) is 0 Å². The van der Waals surface area contributed by atoms with Crippen LogP contribution in [0.4, 0.5) is 5.82 Å². The summed E-state index contributed by atoms with van der Waals surface area (Å²) in [6, 6.07) is 0. The van der Waals surface area contributed by atoms with Crippen molar-refractivity contribution in [2.75, 3.05) is 31.2 Å². The molecular formula is C17H21N3O7. The van der Waals surface area contributed by atoms with Crippen molar-refractivity contribution in [1.82, 2.24) is 9.13 Å². The van der Waals surface area contributed by atoms with Gasteiger partial charge in [-0.3, -0.25) is 13.9 Å². The molecule has 2 aliphatic rings. The molecule has 2 aliphatic heterocycles. The number of esters is 2. The van der Waals surface area contributed by atoms with E-state index in [9.17, 15) is 19.2 Å². The summed E-state index contributed by atoms with van der Waals surface area (Å²) in [4.78, 5) is 51.5. The molecular weight excluding hydrogens is 358 g/mol. The highest BCUT2D eigenvalue weighted by molar-refractivity contribution is 6.19. The summed E-state index contributed by atoms with van der Waals surface area (Å²) in [5, 5.41) is 0. The van der Waals surface area contributed by atoms with Gasteiger partial charge >= 0.3 is 17.6 Å². The lowest BCUT2D eigenvalue weighted by molar-refractivity contribution is -0.222. The predicted molar refractivity (Wildman–Crippen MR) is 94.2 cm³/mol. The van der Waals surface area contributed by atoms with Gasteiger partial charge < -0.3 is 19.1 Å². The van der Waals surface area contributed by atoms with Gasteiger partial charge in [0, 0.05) is 41.0 Å². The number of hydrogen-bond donors (Lipinski definition) is 0. The number of hydrogen-bond acceptors (Lipinski definition) is 8. The van der Waals surface area contributed by atoms with Crippen LogP contribution in [-0.2, 0) is 37.9 Å². The summed E-state index contributed by atoms with van der Waals surface area (Å²) in [5.74, 6) is -2.85. The van der Waals surface area contributed by atoms with Crippen LogP contribution in [0.15, 0.2) is 15.2 Å². The Hall–Kier alpha value is -2.88. The Balaban J connectivity index is 2.20. The lowest BCUT2D eigenvalue weighted by atomic mass is 10.1. The Morgan fingerprint density at radius 1 is 0.926 bits per heavy atom. The van der Waals surface area contributed by atoms with E-state index in [1.54, 1.807) is 0 Å². The van der Waals surface area contributed by atoms with E-state index in [0.717, 1.165) is 10.6 Å². The molecule has 0 saturated carbocycles. The number of morpholine rings is 1. The molecule has 0 spiro atoms. The van der Waals surface area contributed by atoms with Crippen molar-refractivity contribution in [2.45, 2.75) is 19.6 Å². The fraction of sp³-hybridized carbons (Fsp3) is 0.529. The average Bonchev–Trinajstić information content (AvgIpc) is 2.60. The van der Waals surface area contributed by atoms with Crippen molar-refractivity contribution in [2.24, 2.45) is 14.1 Å². The largest absolute Gasteiger partial charge is 0.419 e. The summed E-state index contributed by atoms with van der Waals surface area (Å²) >= 11 is 0. The molecule has 1 aromatic rings. The van der Waals surface area contributed by atoms with Crippen LogP contribution in [0.3, 0.4) is 0 Å².